The summed E-state index contributed by atoms with van der Waals surface area (Å²) in [7, 11) is 0. The van der Waals surface area contributed by atoms with Gasteiger partial charge in [-0.25, -0.2) is 14.6 Å². The van der Waals surface area contributed by atoms with E-state index in [-0.39, 0.29) is 6.09 Å². The van der Waals surface area contributed by atoms with E-state index in [0.29, 0.717) is 31.9 Å². The van der Waals surface area contributed by atoms with Crippen LogP contribution in [-0.4, -0.2) is 60.3 Å². The number of ether oxygens (including phenoxy) is 2. The van der Waals surface area contributed by atoms with Gasteiger partial charge in [0.15, 0.2) is 10.8 Å². The number of aromatic nitrogens is 1. The second-order valence-corrected chi connectivity index (χ2v) is 7.38. The average Bonchev–Trinajstić information content (AvgIpc) is 2.84. The van der Waals surface area contributed by atoms with Crippen molar-refractivity contribution in [1.82, 2.24) is 9.88 Å². The van der Waals surface area contributed by atoms with Gasteiger partial charge in [0, 0.05) is 31.6 Å². The topological polar surface area (TPSA) is 72.0 Å². The standard InChI is InChI=1S/C16H25N3O4S/c1-5-22-13(20)12-11-24-14(17-12)18-7-6-8-19(10-9-18)15(21)23-16(2,3)4/h11H,5-10H2,1-4H3. The van der Waals surface area contributed by atoms with Crippen molar-refractivity contribution in [2.45, 2.75) is 39.7 Å². The third-order valence-corrected chi connectivity index (χ3v) is 4.30. The van der Waals surface area contributed by atoms with Gasteiger partial charge in [0.05, 0.1) is 6.61 Å². The van der Waals surface area contributed by atoms with Crippen molar-refractivity contribution < 1.29 is 19.1 Å². The molecule has 0 spiro atoms. The minimum atomic E-state index is -0.493. The normalized spacial score (nSPS) is 15.8. The highest BCUT2D eigenvalue weighted by atomic mass is 32.1. The van der Waals surface area contributed by atoms with Crippen molar-refractivity contribution in [3.8, 4) is 0 Å². The van der Waals surface area contributed by atoms with Gasteiger partial charge in [0.25, 0.3) is 0 Å². The molecular weight excluding hydrogens is 330 g/mol. The number of hydrogen-bond donors (Lipinski definition) is 0. The second kappa shape index (κ2) is 7.83. The third-order valence-electron chi connectivity index (χ3n) is 3.39. The fourth-order valence-electron chi connectivity index (χ4n) is 2.33. The summed E-state index contributed by atoms with van der Waals surface area (Å²) in [4.78, 5) is 32.1. The number of rotatable bonds is 3. The van der Waals surface area contributed by atoms with Gasteiger partial charge in [-0.15, -0.1) is 11.3 Å². The Morgan fingerprint density at radius 3 is 2.67 bits per heavy atom. The van der Waals surface area contributed by atoms with Crippen LogP contribution in [0, 0.1) is 0 Å². The average molecular weight is 355 g/mol. The number of anilines is 1. The van der Waals surface area contributed by atoms with Gasteiger partial charge in [0.2, 0.25) is 0 Å². The number of nitrogens with zero attached hydrogens (tertiary/aromatic N) is 3. The van der Waals surface area contributed by atoms with Gasteiger partial charge in [-0.1, -0.05) is 0 Å². The largest absolute Gasteiger partial charge is 0.461 e. The highest BCUT2D eigenvalue weighted by Crippen LogP contribution is 2.23. The van der Waals surface area contributed by atoms with Gasteiger partial charge in [-0.3, -0.25) is 0 Å². The molecule has 2 heterocycles. The molecule has 1 aromatic rings. The molecule has 1 fully saturated rings. The molecule has 1 aromatic heterocycles. The summed E-state index contributed by atoms with van der Waals surface area (Å²) in [5, 5.41) is 2.49. The first-order chi connectivity index (χ1) is 11.3. The monoisotopic (exact) mass is 355 g/mol. The van der Waals surface area contributed by atoms with Crippen LogP contribution in [0.1, 0.15) is 44.6 Å². The van der Waals surface area contributed by atoms with E-state index in [1.807, 2.05) is 20.8 Å². The van der Waals surface area contributed by atoms with Crippen LogP contribution in [-0.2, 0) is 9.47 Å². The molecule has 134 valence electrons. The molecule has 0 aliphatic carbocycles. The van der Waals surface area contributed by atoms with Crippen molar-refractivity contribution in [3.05, 3.63) is 11.1 Å². The molecule has 8 heteroatoms. The molecule has 2 rings (SSSR count). The summed E-state index contributed by atoms with van der Waals surface area (Å²) in [6.07, 6.45) is 0.545. The number of carbonyl (C=O) groups excluding carboxylic acids is 2. The minimum absolute atomic E-state index is 0.282. The van der Waals surface area contributed by atoms with Crippen LogP contribution in [0.4, 0.5) is 9.93 Å². The van der Waals surface area contributed by atoms with Crippen LogP contribution in [0.15, 0.2) is 5.38 Å². The summed E-state index contributed by atoms with van der Waals surface area (Å²) in [6, 6.07) is 0. The lowest BCUT2D eigenvalue weighted by atomic mass is 10.2. The molecule has 0 bridgehead atoms. The van der Waals surface area contributed by atoms with Gasteiger partial charge in [-0.05, 0) is 34.1 Å². The van der Waals surface area contributed by atoms with Gasteiger partial charge >= 0.3 is 12.1 Å². The third kappa shape index (κ3) is 5.09. The molecule has 0 aromatic carbocycles. The van der Waals surface area contributed by atoms with Crippen LogP contribution in [0.25, 0.3) is 0 Å². The zero-order valence-corrected chi connectivity index (χ0v) is 15.5. The number of hydrogen-bond acceptors (Lipinski definition) is 7. The highest BCUT2D eigenvalue weighted by molar-refractivity contribution is 7.13. The Labute approximate surface area is 146 Å². The van der Waals surface area contributed by atoms with Crippen molar-refractivity contribution in [2.75, 3.05) is 37.7 Å². The Balaban J connectivity index is 1.96. The minimum Gasteiger partial charge on any atom is -0.461 e. The molecule has 7 nitrogen and oxygen atoms in total. The van der Waals surface area contributed by atoms with E-state index in [9.17, 15) is 9.59 Å². The van der Waals surface area contributed by atoms with Gasteiger partial charge < -0.3 is 19.3 Å². The fraction of sp³-hybridized carbons (Fsp3) is 0.688. The molecule has 1 aliphatic rings. The van der Waals surface area contributed by atoms with E-state index in [1.54, 1.807) is 17.2 Å². The zero-order chi connectivity index (χ0) is 17.7. The highest BCUT2D eigenvalue weighted by Gasteiger charge is 2.25. The first kappa shape index (κ1) is 18.5. The first-order valence-corrected chi connectivity index (χ1v) is 9.03. The summed E-state index contributed by atoms with van der Waals surface area (Å²) in [5.41, 5.74) is -0.155. The Hall–Kier alpha value is -1.83. The van der Waals surface area contributed by atoms with Crippen LogP contribution >= 0.6 is 11.3 Å². The summed E-state index contributed by atoms with van der Waals surface area (Å²) < 4.78 is 10.4. The molecule has 24 heavy (non-hydrogen) atoms. The van der Waals surface area contributed by atoms with E-state index < -0.39 is 11.6 Å². The van der Waals surface area contributed by atoms with E-state index in [0.717, 1.165) is 18.1 Å². The van der Waals surface area contributed by atoms with Crippen LogP contribution < -0.4 is 4.90 Å². The lowest BCUT2D eigenvalue weighted by Crippen LogP contribution is -2.39. The smallest absolute Gasteiger partial charge is 0.410 e. The van der Waals surface area contributed by atoms with Crippen molar-refractivity contribution in [2.24, 2.45) is 0 Å². The summed E-state index contributed by atoms with van der Waals surface area (Å²) in [5.74, 6) is -0.398. The number of carbonyl (C=O) groups is 2. The Morgan fingerprint density at radius 2 is 2.00 bits per heavy atom. The zero-order valence-electron chi connectivity index (χ0n) is 14.7. The predicted molar refractivity (Wildman–Crippen MR) is 92.7 cm³/mol. The van der Waals surface area contributed by atoms with Crippen LogP contribution in [0.2, 0.25) is 0 Å². The lowest BCUT2D eigenvalue weighted by molar-refractivity contribution is 0.0263. The molecule has 0 saturated carbocycles. The van der Waals surface area contributed by atoms with Gasteiger partial charge in [0.1, 0.15) is 5.60 Å². The second-order valence-electron chi connectivity index (χ2n) is 6.54. The van der Waals surface area contributed by atoms with Crippen molar-refractivity contribution in [1.29, 1.82) is 0 Å². The van der Waals surface area contributed by atoms with E-state index >= 15 is 0 Å². The summed E-state index contributed by atoms with van der Waals surface area (Å²) in [6.45, 7) is 10.4. The SMILES string of the molecule is CCOC(=O)c1csc(N2CCCN(C(=O)OC(C)(C)C)CC2)n1. The maximum atomic E-state index is 12.2. The van der Waals surface area contributed by atoms with E-state index in [2.05, 4.69) is 9.88 Å². The van der Waals surface area contributed by atoms with E-state index in [1.165, 1.54) is 11.3 Å². The quantitative estimate of drug-likeness (QED) is 0.777. The molecular formula is C16H25N3O4S. The molecule has 0 N–H and O–H groups in total. The van der Waals surface area contributed by atoms with Crippen molar-refractivity contribution in [3.63, 3.8) is 0 Å². The Morgan fingerprint density at radius 1 is 1.25 bits per heavy atom. The Kier molecular flexibility index (Phi) is 6.04. The molecule has 1 amide bonds. The number of esters is 1. The Bertz CT molecular complexity index is 582. The molecule has 1 aliphatic heterocycles. The molecule has 0 unspecified atom stereocenters. The maximum Gasteiger partial charge on any atom is 0.410 e. The maximum absolute atomic E-state index is 12.2. The van der Waals surface area contributed by atoms with Crippen molar-refractivity contribution >= 4 is 28.5 Å². The molecule has 0 radical (unpaired) electrons. The number of amides is 1. The van der Waals surface area contributed by atoms with E-state index in [4.69, 9.17) is 9.47 Å². The van der Waals surface area contributed by atoms with Crippen LogP contribution in [0.3, 0.4) is 0 Å². The first-order valence-electron chi connectivity index (χ1n) is 8.15. The summed E-state index contributed by atoms with van der Waals surface area (Å²) >= 11 is 1.42. The number of thiazole rings is 1. The van der Waals surface area contributed by atoms with Gasteiger partial charge in [-0.2, -0.15) is 0 Å². The van der Waals surface area contributed by atoms with Crippen LogP contribution in [0.5, 0.6) is 0 Å². The molecule has 1 saturated heterocycles. The predicted octanol–water partition coefficient (Wildman–Crippen LogP) is 2.77. The molecule has 0 atom stereocenters. The fourth-order valence-corrected chi connectivity index (χ4v) is 3.17. The lowest BCUT2D eigenvalue weighted by Gasteiger charge is -2.26.